The van der Waals surface area contributed by atoms with Crippen LogP contribution in [0, 0.1) is 0 Å². The molecule has 5 heteroatoms. The lowest BCUT2D eigenvalue weighted by Gasteiger charge is -2.16. The first-order chi connectivity index (χ1) is 31.3. The maximum atomic E-state index is 5.50. The molecule has 1 aliphatic rings. The van der Waals surface area contributed by atoms with E-state index < -0.39 is 0 Å². The van der Waals surface area contributed by atoms with Gasteiger partial charge in [-0.15, -0.1) is 0 Å². The van der Waals surface area contributed by atoms with E-state index in [0.29, 0.717) is 0 Å². The van der Waals surface area contributed by atoms with Gasteiger partial charge in [0.25, 0.3) is 0 Å². The van der Waals surface area contributed by atoms with Crippen molar-refractivity contribution < 1.29 is 0 Å². The second-order valence-electron chi connectivity index (χ2n) is 16.2. The molecule has 0 saturated heterocycles. The topological polar surface area (TPSA) is 40.9 Å². The number of benzene rings is 9. The SMILES string of the molecule is C1=C(c2ccccc2)NC(c2ccccc2)=[N+]=C1c1cccc2c3c(ccc4c5ccccc5n(-c5ccccc5)c43)n(-c3cccc4c5ccccc5n(-c5ccccc5)c34)c12. The molecule has 0 radical (unpaired) electrons. The van der Waals surface area contributed by atoms with E-state index in [2.05, 4.69) is 243 Å². The largest absolute Gasteiger partial charge is 0.380 e. The Morgan fingerprint density at radius 2 is 0.873 bits per heavy atom. The van der Waals surface area contributed by atoms with Crippen LogP contribution in [0.5, 0.6) is 0 Å². The summed E-state index contributed by atoms with van der Waals surface area (Å²) in [6.45, 7) is 0. The second-order valence-corrected chi connectivity index (χ2v) is 16.2. The number of para-hydroxylation sites is 6. The minimum atomic E-state index is 0.810. The molecule has 0 unspecified atom stereocenters. The lowest BCUT2D eigenvalue weighted by atomic mass is 10.0. The van der Waals surface area contributed by atoms with E-state index in [1.165, 1.54) is 43.5 Å². The Bertz CT molecular complexity index is 3880. The molecule has 12 aromatic rings. The number of nitrogens with zero attached hydrogens (tertiary/aromatic N) is 4. The van der Waals surface area contributed by atoms with E-state index in [4.69, 9.17) is 4.67 Å². The summed E-state index contributed by atoms with van der Waals surface area (Å²) in [5.74, 6) is 0.810. The van der Waals surface area contributed by atoms with Crippen LogP contribution in [0.4, 0.5) is 0 Å². The monoisotopic (exact) mass is 804 g/mol. The van der Waals surface area contributed by atoms with Crippen LogP contribution < -0.4 is 9.98 Å². The molecule has 9 aromatic carbocycles. The smallest absolute Gasteiger partial charge is 0.309 e. The number of amidine groups is 1. The predicted octanol–water partition coefficient (Wildman–Crippen LogP) is 12.9. The van der Waals surface area contributed by atoms with Gasteiger partial charge in [0.05, 0.1) is 56.0 Å². The van der Waals surface area contributed by atoms with Crippen LogP contribution in [0.1, 0.15) is 16.7 Å². The molecular weight excluding hydrogens is 767 g/mol. The van der Waals surface area contributed by atoms with Gasteiger partial charge in [0.15, 0.2) is 0 Å². The summed E-state index contributed by atoms with van der Waals surface area (Å²) < 4.78 is 12.9. The van der Waals surface area contributed by atoms with Gasteiger partial charge >= 0.3 is 5.84 Å². The van der Waals surface area contributed by atoms with E-state index in [0.717, 1.165) is 72.9 Å². The van der Waals surface area contributed by atoms with Crippen molar-refractivity contribution >= 4 is 82.7 Å². The zero-order valence-corrected chi connectivity index (χ0v) is 34.2. The first kappa shape index (κ1) is 35.2. The van der Waals surface area contributed by atoms with Crippen molar-refractivity contribution in [2.75, 3.05) is 0 Å². The van der Waals surface area contributed by atoms with Gasteiger partial charge in [-0.25, -0.2) is 9.98 Å². The average molecular weight is 805 g/mol. The summed E-state index contributed by atoms with van der Waals surface area (Å²) in [4.78, 5) is 0. The molecule has 0 atom stereocenters. The van der Waals surface area contributed by atoms with Crippen molar-refractivity contribution in [3.63, 3.8) is 0 Å². The number of aromatic nitrogens is 3. The normalized spacial score (nSPS) is 12.9. The molecule has 0 aliphatic carbocycles. The molecule has 0 bridgehead atoms. The van der Waals surface area contributed by atoms with Crippen molar-refractivity contribution in [3.8, 4) is 17.1 Å². The van der Waals surface area contributed by atoms with E-state index in [1.807, 2.05) is 0 Å². The van der Waals surface area contributed by atoms with E-state index in [-0.39, 0.29) is 0 Å². The van der Waals surface area contributed by atoms with Gasteiger partial charge in [0, 0.05) is 49.3 Å². The van der Waals surface area contributed by atoms with Gasteiger partial charge in [-0.05, 0) is 66.7 Å². The van der Waals surface area contributed by atoms with Gasteiger partial charge in [-0.1, -0.05) is 152 Å². The van der Waals surface area contributed by atoms with Crippen LogP contribution in [-0.2, 0) is 0 Å². The quantitative estimate of drug-likeness (QED) is 0.167. The molecule has 3 aromatic heterocycles. The number of hydrogen-bond acceptors (Lipinski definition) is 1. The van der Waals surface area contributed by atoms with Crippen LogP contribution in [0.3, 0.4) is 0 Å². The average Bonchev–Trinajstić information content (AvgIpc) is 4.01. The first-order valence-electron chi connectivity index (χ1n) is 21.5. The van der Waals surface area contributed by atoms with Gasteiger partial charge in [-0.3, -0.25) is 0 Å². The highest BCUT2D eigenvalue weighted by atomic mass is 15.1. The molecular formula is C58H38N5+. The number of allylic oxidation sites excluding steroid dienone is 1. The van der Waals surface area contributed by atoms with Gasteiger partial charge in [0.1, 0.15) is 5.70 Å². The molecule has 4 heterocycles. The van der Waals surface area contributed by atoms with Crippen LogP contribution in [0.15, 0.2) is 224 Å². The van der Waals surface area contributed by atoms with Crippen molar-refractivity contribution in [2.45, 2.75) is 0 Å². The highest BCUT2D eigenvalue weighted by Gasteiger charge is 2.29. The number of fused-ring (bicyclic) bond motifs is 10. The Balaban J connectivity index is 1.24. The zero-order chi connectivity index (χ0) is 41.4. The number of hydrogen-bond donors (Lipinski definition) is 1. The fourth-order valence-corrected chi connectivity index (χ4v) is 10.1. The van der Waals surface area contributed by atoms with Crippen molar-refractivity contribution in [3.05, 3.63) is 241 Å². The summed E-state index contributed by atoms with van der Waals surface area (Å²) in [6, 6.07) is 78.4. The number of nitrogens with one attached hydrogen (secondary N) is 1. The fourth-order valence-electron chi connectivity index (χ4n) is 10.1. The third-order valence-corrected chi connectivity index (χ3v) is 12.7. The Morgan fingerprint density at radius 1 is 0.349 bits per heavy atom. The minimum Gasteiger partial charge on any atom is -0.309 e. The second kappa shape index (κ2) is 14.0. The molecule has 0 fully saturated rings. The molecule has 63 heavy (non-hydrogen) atoms. The predicted molar refractivity (Wildman–Crippen MR) is 264 cm³/mol. The van der Waals surface area contributed by atoms with E-state index in [9.17, 15) is 0 Å². The fraction of sp³-hybridized carbons (Fsp3) is 0. The highest BCUT2D eigenvalue weighted by molar-refractivity contribution is 6.31. The van der Waals surface area contributed by atoms with Gasteiger partial charge in [-0.2, -0.15) is 0 Å². The van der Waals surface area contributed by atoms with Crippen molar-refractivity contribution in [1.29, 1.82) is 0 Å². The Kier molecular flexibility index (Phi) is 7.79. The molecule has 1 aliphatic heterocycles. The molecule has 0 spiro atoms. The molecule has 5 nitrogen and oxygen atoms in total. The van der Waals surface area contributed by atoms with Crippen molar-refractivity contribution in [1.82, 2.24) is 23.7 Å². The standard InChI is InChI=1S/C58H37N5/c1-5-19-38(20-6-1)48-37-49(60-58(59-48)39-21-7-2-8-22-39)46-30-17-31-47-54-52(36-35-45-43-28-14-16-33-51(43)62(57(45)54)41-25-11-4-12-26-41)63(55(46)47)53-34-18-29-44-42-27-13-15-32-50(42)61(56(44)53)40-23-9-3-10-24-40/h1-37H/p+1. The Hall–Kier alpha value is -8.63. The first-order valence-corrected chi connectivity index (χ1v) is 21.5. The van der Waals surface area contributed by atoms with Crippen molar-refractivity contribution in [2.24, 2.45) is 0 Å². The van der Waals surface area contributed by atoms with Crippen LogP contribution in [-0.4, -0.2) is 25.2 Å². The molecule has 13 rings (SSSR count). The van der Waals surface area contributed by atoms with Crippen LogP contribution in [0.25, 0.3) is 88.2 Å². The molecule has 1 N–H and O–H groups in total. The number of rotatable bonds is 6. The molecule has 0 amide bonds. The Morgan fingerprint density at radius 3 is 1.54 bits per heavy atom. The molecule has 294 valence electrons. The summed E-state index contributed by atoms with van der Waals surface area (Å²) >= 11 is 0. The Labute approximate surface area is 363 Å². The third-order valence-electron chi connectivity index (χ3n) is 12.7. The van der Waals surface area contributed by atoms with Crippen LogP contribution in [0.2, 0.25) is 0 Å². The third kappa shape index (κ3) is 5.34. The van der Waals surface area contributed by atoms with Crippen LogP contribution >= 0.6 is 0 Å². The lowest BCUT2D eigenvalue weighted by Crippen LogP contribution is -2.31. The van der Waals surface area contributed by atoms with Gasteiger partial charge < -0.3 is 13.7 Å². The summed E-state index contributed by atoms with van der Waals surface area (Å²) in [7, 11) is 0. The summed E-state index contributed by atoms with van der Waals surface area (Å²) in [5.41, 5.74) is 15.3. The maximum Gasteiger partial charge on any atom is 0.380 e. The zero-order valence-electron chi connectivity index (χ0n) is 34.2. The van der Waals surface area contributed by atoms with E-state index >= 15 is 0 Å². The highest BCUT2D eigenvalue weighted by Crippen LogP contribution is 2.45. The van der Waals surface area contributed by atoms with E-state index in [1.54, 1.807) is 0 Å². The summed E-state index contributed by atoms with van der Waals surface area (Å²) in [6.07, 6.45) is 2.22. The summed E-state index contributed by atoms with van der Waals surface area (Å²) in [5, 5.41) is 10.9. The molecule has 0 saturated carbocycles. The minimum absolute atomic E-state index is 0.810. The maximum absolute atomic E-state index is 5.50. The lowest BCUT2D eigenvalue weighted by molar-refractivity contribution is 1.13. The van der Waals surface area contributed by atoms with Gasteiger partial charge in [0.2, 0.25) is 5.71 Å².